The molecule has 0 bridgehead atoms. The molecule has 7 nitrogen and oxygen atoms in total. The maximum Gasteiger partial charge on any atom is 0.416 e. The lowest BCUT2D eigenvalue weighted by atomic mass is 10.1. The second-order valence-corrected chi connectivity index (χ2v) is 9.12. The lowest BCUT2D eigenvalue weighted by Crippen LogP contribution is -2.14. The van der Waals surface area contributed by atoms with Crippen LogP contribution in [-0.4, -0.2) is 40.5 Å². The Labute approximate surface area is 217 Å². The average Bonchev–Trinajstić information content (AvgIpc) is 3.61. The van der Waals surface area contributed by atoms with Gasteiger partial charge in [-0.3, -0.25) is 9.78 Å². The Morgan fingerprint density at radius 2 is 2.05 bits per heavy atom. The van der Waals surface area contributed by atoms with Gasteiger partial charge in [-0.05, 0) is 55.3 Å². The number of alkyl halides is 3. The molecule has 1 amide bonds. The van der Waals surface area contributed by atoms with Crippen molar-refractivity contribution in [3.05, 3.63) is 90.0 Å². The van der Waals surface area contributed by atoms with Crippen LogP contribution >= 0.6 is 0 Å². The number of halogens is 3. The third kappa shape index (κ3) is 5.70. The highest BCUT2D eigenvalue weighted by Gasteiger charge is 2.31. The average molecular weight is 523 g/mol. The Kier molecular flexibility index (Phi) is 7.15. The second-order valence-electron chi connectivity index (χ2n) is 9.12. The molecular weight excluding hydrogens is 497 g/mol. The molecule has 0 spiro atoms. The number of anilines is 1. The van der Waals surface area contributed by atoms with Gasteiger partial charge in [0, 0.05) is 53.5 Å². The Morgan fingerprint density at radius 3 is 2.84 bits per heavy atom. The van der Waals surface area contributed by atoms with Crippen LogP contribution in [-0.2, 0) is 10.9 Å². The zero-order chi connectivity index (χ0) is 26.7. The van der Waals surface area contributed by atoms with Crippen molar-refractivity contribution in [1.82, 2.24) is 14.8 Å². The van der Waals surface area contributed by atoms with Crippen molar-refractivity contribution in [3.63, 3.8) is 0 Å². The molecule has 2 aromatic carbocycles. The molecular formula is C28H25F3N4O3. The zero-order valence-electron chi connectivity index (χ0n) is 20.5. The summed E-state index contributed by atoms with van der Waals surface area (Å²) in [7, 11) is 0. The van der Waals surface area contributed by atoms with Crippen molar-refractivity contribution < 1.29 is 27.4 Å². The number of hydrogen-bond acceptors (Lipinski definition) is 5. The summed E-state index contributed by atoms with van der Waals surface area (Å²) in [4.78, 5) is 16.9. The molecule has 1 aliphatic rings. The van der Waals surface area contributed by atoms with Gasteiger partial charge < -0.3 is 14.8 Å². The minimum Gasteiger partial charge on any atom is -0.492 e. The smallest absolute Gasteiger partial charge is 0.416 e. The van der Waals surface area contributed by atoms with Crippen LogP contribution in [0.25, 0.3) is 16.8 Å². The Hall–Kier alpha value is -4.18. The van der Waals surface area contributed by atoms with Crippen molar-refractivity contribution in [1.29, 1.82) is 0 Å². The van der Waals surface area contributed by atoms with Crippen LogP contribution in [0, 0.1) is 12.8 Å². The van der Waals surface area contributed by atoms with E-state index in [-0.39, 0.29) is 5.56 Å². The molecule has 1 atom stereocenters. The lowest BCUT2D eigenvalue weighted by Gasteiger charge is -2.13. The molecule has 1 fully saturated rings. The number of rotatable bonds is 7. The molecule has 4 aromatic rings. The van der Waals surface area contributed by atoms with Gasteiger partial charge in [0.25, 0.3) is 5.91 Å². The van der Waals surface area contributed by atoms with Crippen molar-refractivity contribution >= 4 is 11.6 Å². The maximum absolute atomic E-state index is 13.0. The molecule has 0 radical (unpaired) electrons. The summed E-state index contributed by atoms with van der Waals surface area (Å²) >= 11 is 0. The largest absolute Gasteiger partial charge is 0.492 e. The van der Waals surface area contributed by atoms with Crippen molar-refractivity contribution in [2.45, 2.75) is 19.5 Å². The van der Waals surface area contributed by atoms with E-state index in [0.717, 1.165) is 41.9 Å². The number of aryl methyl sites for hydroxylation is 1. The number of benzene rings is 2. The molecule has 3 heterocycles. The fourth-order valence-electron chi connectivity index (χ4n) is 4.21. The molecule has 1 N–H and O–H groups in total. The molecule has 0 aliphatic carbocycles. The van der Waals surface area contributed by atoms with E-state index in [1.807, 2.05) is 19.2 Å². The highest BCUT2D eigenvalue weighted by atomic mass is 19.4. The van der Waals surface area contributed by atoms with Crippen LogP contribution in [0.1, 0.15) is 27.9 Å². The van der Waals surface area contributed by atoms with Crippen LogP contribution in [0.2, 0.25) is 0 Å². The number of ether oxygens (including phenoxy) is 2. The number of pyridine rings is 1. The van der Waals surface area contributed by atoms with E-state index in [1.165, 1.54) is 12.1 Å². The molecule has 2 aromatic heterocycles. The van der Waals surface area contributed by atoms with Gasteiger partial charge >= 0.3 is 6.18 Å². The molecule has 196 valence electrons. The third-order valence-corrected chi connectivity index (χ3v) is 6.34. The van der Waals surface area contributed by atoms with E-state index in [0.29, 0.717) is 36.3 Å². The van der Waals surface area contributed by atoms with E-state index in [9.17, 15) is 18.0 Å². The number of aromatic nitrogens is 3. The van der Waals surface area contributed by atoms with Crippen LogP contribution in [0.4, 0.5) is 18.9 Å². The number of hydrogen-bond donors (Lipinski definition) is 1. The molecule has 0 saturated carbocycles. The van der Waals surface area contributed by atoms with Crippen LogP contribution in [0.5, 0.6) is 5.75 Å². The van der Waals surface area contributed by atoms with Crippen molar-refractivity contribution in [2.24, 2.45) is 5.92 Å². The zero-order valence-corrected chi connectivity index (χ0v) is 20.5. The molecule has 10 heteroatoms. The summed E-state index contributed by atoms with van der Waals surface area (Å²) in [6.45, 7) is 3.90. The van der Waals surface area contributed by atoms with Gasteiger partial charge in [0.1, 0.15) is 5.75 Å². The molecule has 5 rings (SSSR count). The monoisotopic (exact) mass is 522 g/mol. The first-order valence-electron chi connectivity index (χ1n) is 12.1. The van der Waals surface area contributed by atoms with Crippen molar-refractivity contribution in [3.8, 4) is 22.6 Å². The maximum atomic E-state index is 13.0. The fraction of sp³-hybridized carbons (Fsp3) is 0.250. The predicted octanol–water partition coefficient (Wildman–Crippen LogP) is 5.93. The van der Waals surface area contributed by atoms with Crippen LogP contribution < -0.4 is 10.1 Å². The number of carbonyl (C=O) groups is 1. The minimum atomic E-state index is -4.53. The van der Waals surface area contributed by atoms with Gasteiger partial charge in [-0.15, -0.1) is 0 Å². The first-order valence-corrected chi connectivity index (χ1v) is 12.1. The van der Waals surface area contributed by atoms with Gasteiger partial charge in [-0.25, -0.2) is 4.68 Å². The SMILES string of the molecule is Cc1ccc(NC(=O)c2cccc(C(F)(F)F)c2)cc1-n1cc(-c2cnccc2OC[C@@H]2CCOC2)cn1. The number of nitrogens with zero attached hydrogens (tertiary/aromatic N) is 3. The fourth-order valence-corrected chi connectivity index (χ4v) is 4.21. The van der Waals surface area contributed by atoms with Crippen LogP contribution in [0.15, 0.2) is 73.3 Å². The first-order chi connectivity index (χ1) is 18.3. The minimum absolute atomic E-state index is 0.0865. The highest BCUT2D eigenvalue weighted by Crippen LogP contribution is 2.32. The highest BCUT2D eigenvalue weighted by molar-refractivity contribution is 6.04. The summed E-state index contributed by atoms with van der Waals surface area (Å²) in [6.07, 6.45) is 3.38. The Balaban J connectivity index is 1.35. The van der Waals surface area contributed by atoms with Crippen LogP contribution in [0.3, 0.4) is 0 Å². The molecule has 38 heavy (non-hydrogen) atoms. The summed E-state index contributed by atoms with van der Waals surface area (Å²) in [5, 5.41) is 7.17. The Morgan fingerprint density at radius 1 is 1.18 bits per heavy atom. The van der Waals surface area contributed by atoms with E-state index in [1.54, 1.807) is 41.5 Å². The summed E-state index contributed by atoms with van der Waals surface area (Å²) in [5.41, 5.74) is 2.64. The Bertz CT molecular complexity index is 1450. The van der Waals surface area contributed by atoms with Gasteiger partial charge in [0.05, 0.1) is 30.7 Å². The molecule has 1 aliphatic heterocycles. The van der Waals surface area contributed by atoms with E-state index >= 15 is 0 Å². The quantitative estimate of drug-likeness (QED) is 0.326. The van der Waals surface area contributed by atoms with Gasteiger partial charge in [0.2, 0.25) is 0 Å². The van der Waals surface area contributed by atoms with Crippen molar-refractivity contribution in [2.75, 3.05) is 25.1 Å². The summed E-state index contributed by atoms with van der Waals surface area (Å²) < 4.78 is 52.3. The lowest BCUT2D eigenvalue weighted by molar-refractivity contribution is -0.137. The second kappa shape index (κ2) is 10.7. The van der Waals surface area contributed by atoms with Gasteiger partial charge in [-0.2, -0.15) is 18.3 Å². The van der Waals surface area contributed by atoms with Gasteiger partial charge in [0.15, 0.2) is 0 Å². The third-order valence-electron chi connectivity index (χ3n) is 6.34. The first kappa shape index (κ1) is 25.5. The van der Waals surface area contributed by atoms with E-state index in [2.05, 4.69) is 15.4 Å². The van der Waals surface area contributed by atoms with E-state index < -0.39 is 17.6 Å². The topological polar surface area (TPSA) is 78.3 Å². The predicted molar refractivity (Wildman–Crippen MR) is 135 cm³/mol. The number of amides is 1. The summed E-state index contributed by atoms with van der Waals surface area (Å²) in [5.74, 6) is 0.414. The van der Waals surface area contributed by atoms with Gasteiger partial charge in [-0.1, -0.05) is 12.1 Å². The summed E-state index contributed by atoms with van der Waals surface area (Å²) in [6, 6.07) is 11.3. The molecule has 0 unspecified atom stereocenters. The normalized spacial score (nSPS) is 15.4. The van der Waals surface area contributed by atoms with E-state index in [4.69, 9.17) is 9.47 Å². The number of nitrogens with one attached hydrogen (secondary N) is 1. The standard InChI is InChI=1S/C28H25F3N4O3/c1-18-5-6-23(34-27(36)20-3-2-4-22(11-20)28(29,30)31)12-25(18)35-15-21(13-33-35)24-14-32-9-7-26(24)38-17-19-8-10-37-16-19/h2-7,9,11-15,19H,8,10,16-17H2,1H3,(H,34,36)/t19-/m1/s1. The number of carbonyl (C=O) groups excluding carboxylic acids is 1. The molecule has 1 saturated heterocycles.